The third-order valence-electron chi connectivity index (χ3n) is 4.74. The summed E-state index contributed by atoms with van der Waals surface area (Å²) in [5.74, 6) is -1.52. The predicted octanol–water partition coefficient (Wildman–Crippen LogP) is 2.54. The summed E-state index contributed by atoms with van der Waals surface area (Å²) in [6.45, 7) is 3.19. The summed E-state index contributed by atoms with van der Waals surface area (Å²) < 4.78 is 40.0. The van der Waals surface area contributed by atoms with Gasteiger partial charge in [-0.3, -0.25) is 13.9 Å². The van der Waals surface area contributed by atoms with Crippen LogP contribution in [0.2, 0.25) is 0 Å². The summed E-state index contributed by atoms with van der Waals surface area (Å²) in [5.41, 5.74) is 0.559. The summed E-state index contributed by atoms with van der Waals surface area (Å²) in [6.07, 6.45) is 1.72. The first kappa shape index (κ1) is 24.3. The Morgan fingerprint density at radius 1 is 1.06 bits per heavy atom. The standard InChI is InChI=1S/C22H28FN3O4S/c1-4-14-24-22(28)17(2)25(15-18-10-8-9-13-20(18)23)21(27)16-26(31(3,29)30)19-11-6-5-7-12-19/h5-13,17H,4,14-16H2,1-3H3,(H,24,28). The molecule has 1 N–H and O–H groups in total. The van der Waals surface area contributed by atoms with Crippen molar-refractivity contribution >= 4 is 27.5 Å². The largest absolute Gasteiger partial charge is 0.354 e. The average Bonchev–Trinajstić information content (AvgIpc) is 2.74. The topological polar surface area (TPSA) is 86.8 Å². The van der Waals surface area contributed by atoms with E-state index in [1.165, 1.54) is 30.0 Å². The van der Waals surface area contributed by atoms with E-state index in [2.05, 4.69) is 5.32 Å². The van der Waals surface area contributed by atoms with Crippen molar-refractivity contribution < 1.29 is 22.4 Å². The lowest BCUT2D eigenvalue weighted by Gasteiger charge is -2.31. The van der Waals surface area contributed by atoms with E-state index in [1.807, 2.05) is 6.92 Å². The smallest absolute Gasteiger partial charge is 0.244 e. The molecular formula is C22H28FN3O4S. The minimum atomic E-state index is -3.78. The molecule has 1 atom stereocenters. The van der Waals surface area contributed by atoms with Gasteiger partial charge in [0.1, 0.15) is 18.4 Å². The average molecular weight is 450 g/mol. The number of carbonyl (C=O) groups excluding carboxylic acids is 2. The molecule has 2 aromatic rings. The number of amides is 2. The Bertz CT molecular complexity index is 999. The molecule has 2 amide bonds. The molecule has 0 aliphatic rings. The number of nitrogens with one attached hydrogen (secondary N) is 1. The minimum Gasteiger partial charge on any atom is -0.354 e. The van der Waals surface area contributed by atoms with E-state index in [-0.39, 0.29) is 12.1 Å². The first-order valence-corrected chi connectivity index (χ1v) is 11.8. The maximum atomic E-state index is 14.3. The maximum Gasteiger partial charge on any atom is 0.244 e. The highest BCUT2D eigenvalue weighted by atomic mass is 32.2. The van der Waals surface area contributed by atoms with Gasteiger partial charge in [-0.25, -0.2) is 12.8 Å². The SMILES string of the molecule is CCCNC(=O)C(C)N(Cc1ccccc1F)C(=O)CN(c1ccccc1)S(C)(=O)=O. The molecule has 0 saturated carbocycles. The highest BCUT2D eigenvalue weighted by Gasteiger charge is 2.30. The van der Waals surface area contributed by atoms with Crippen LogP contribution in [0, 0.1) is 5.82 Å². The molecule has 0 bridgehead atoms. The Morgan fingerprint density at radius 2 is 1.68 bits per heavy atom. The molecule has 0 heterocycles. The van der Waals surface area contributed by atoms with E-state index in [1.54, 1.807) is 36.4 Å². The zero-order valence-electron chi connectivity index (χ0n) is 17.9. The van der Waals surface area contributed by atoms with Crippen LogP contribution in [0.1, 0.15) is 25.8 Å². The van der Waals surface area contributed by atoms with Crippen molar-refractivity contribution in [1.82, 2.24) is 10.2 Å². The van der Waals surface area contributed by atoms with Crippen LogP contribution in [-0.2, 0) is 26.2 Å². The van der Waals surface area contributed by atoms with Crippen LogP contribution in [0.15, 0.2) is 54.6 Å². The first-order valence-electron chi connectivity index (χ1n) is 9.98. The van der Waals surface area contributed by atoms with Crippen molar-refractivity contribution in [3.8, 4) is 0 Å². The molecular weight excluding hydrogens is 421 g/mol. The van der Waals surface area contributed by atoms with Gasteiger partial charge in [-0.05, 0) is 31.5 Å². The number of rotatable bonds is 10. The Labute approximate surface area is 182 Å². The van der Waals surface area contributed by atoms with Crippen LogP contribution in [0.3, 0.4) is 0 Å². The van der Waals surface area contributed by atoms with Crippen LogP contribution < -0.4 is 9.62 Å². The van der Waals surface area contributed by atoms with Crippen molar-refractivity contribution in [2.45, 2.75) is 32.9 Å². The number of benzene rings is 2. The lowest BCUT2D eigenvalue weighted by Crippen LogP contribution is -2.51. The number of nitrogens with zero attached hydrogens (tertiary/aromatic N) is 2. The molecule has 0 spiro atoms. The third kappa shape index (κ3) is 6.78. The molecule has 0 aliphatic carbocycles. The number of halogens is 1. The molecule has 7 nitrogen and oxygen atoms in total. The van der Waals surface area contributed by atoms with Crippen molar-refractivity contribution in [3.63, 3.8) is 0 Å². The lowest BCUT2D eigenvalue weighted by atomic mass is 10.1. The highest BCUT2D eigenvalue weighted by Crippen LogP contribution is 2.19. The van der Waals surface area contributed by atoms with Crippen LogP contribution in [0.25, 0.3) is 0 Å². The van der Waals surface area contributed by atoms with E-state index in [0.29, 0.717) is 12.2 Å². The second-order valence-corrected chi connectivity index (χ2v) is 9.09. The fourth-order valence-electron chi connectivity index (χ4n) is 3.00. The fourth-order valence-corrected chi connectivity index (χ4v) is 3.85. The summed E-state index contributed by atoms with van der Waals surface area (Å²) >= 11 is 0. The lowest BCUT2D eigenvalue weighted by molar-refractivity contribution is -0.139. The molecule has 0 aliphatic heterocycles. The molecule has 0 aromatic heterocycles. The molecule has 0 saturated heterocycles. The Kier molecular flexibility index (Phi) is 8.56. The van der Waals surface area contributed by atoms with Crippen LogP contribution in [0.4, 0.5) is 10.1 Å². The van der Waals surface area contributed by atoms with Gasteiger partial charge in [0, 0.05) is 18.7 Å². The van der Waals surface area contributed by atoms with E-state index < -0.39 is 40.2 Å². The maximum absolute atomic E-state index is 14.3. The normalized spacial score (nSPS) is 12.1. The number of carbonyl (C=O) groups is 2. The summed E-state index contributed by atoms with van der Waals surface area (Å²) in [6, 6.07) is 13.3. The monoisotopic (exact) mass is 449 g/mol. The fraction of sp³-hybridized carbons (Fsp3) is 0.364. The number of hydrogen-bond donors (Lipinski definition) is 1. The van der Waals surface area contributed by atoms with Gasteiger partial charge in [0.25, 0.3) is 0 Å². The Hall–Kier alpha value is -2.94. The van der Waals surface area contributed by atoms with E-state index >= 15 is 0 Å². The molecule has 168 valence electrons. The van der Waals surface area contributed by atoms with Gasteiger partial charge in [0.05, 0.1) is 11.9 Å². The van der Waals surface area contributed by atoms with E-state index in [0.717, 1.165) is 17.0 Å². The van der Waals surface area contributed by atoms with Crippen molar-refractivity contribution in [1.29, 1.82) is 0 Å². The van der Waals surface area contributed by atoms with Crippen molar-refractivity contribution in [2.24, 2.45) is 0 Å². The summed E-state index contributed by atoms with van der Waals surface area (Å²) in [4.78, 5) is 27.0. The predicted molar refractivity (Wildman–Crippen MR) is 118 cm³/mol. The molecule has 2 aromatic carbocycles. The van der Waals surface area contributed by atoms with Gasteiger partial charge in [-0.1, -0.05) is 43.3 Å². The number of para-hydroxylation sites is 1. The summed E-state index contributed by atoms with van der Waals surface area (Å²) in [5, 5.41) is 2.72. The molecule has 0 radical (unpaired) electrons. The first-order chi connectivity index (χ1) is 14.6. The van der Waals surface area contributed by atoms with Gasteiger partial charge < -0.3 is 10.2 Å². The Balaban J connectivity index is 2.35. The van der Waals surface area contributed by atoms with Gasteiger partial charge in [-0.15, -0.1) is 0 Å². The zero-order valence-corrected chi connectivity index (χ0v) is 18.7. The molecule has 2 rings (SSSR count). The summed E-state index contributed by atoms with van der Waals surface area (Å²) in [7, 11) is -3.78. The van der Waals surface area contributed by atoms with Crippen LogP contribution in [0.5, 0.6) is 0 Å². The quantitative estimate of drug-likeness (QED) is 0.604. The molecule has 9 heteroatoms. The zero-order chi connectivity index (χ0) is 23.0. The highest BCUT2D eigenvalue weighted by molar-refractivity contribution is 7.92. The minimum absolute atomic E-state index is 0.168. The third-order valence-corrected chi connectivity index (χ3v) is 5.88. The van der Waals surface area contributed by atoms with Crippen molar-refractivity contribution in [2.75, 3.05) is 23.7 Å². The number of anilines is 1. The van der Waals surface area contributed by atoms with E-state index in [9.17, 15) is 22.4 Å². The molecule has 1 unspecified atom stereocenters. The van der Waals surface area contributed by atoms with Crippen LogP contribution >= 0.6 is 0 Å². The van der Waals surface area contributed by atoms with Gasteiger partial charge in [0.2, 0.25) is 21.8 Å². The van der Waals surface area contributed by atoms with Crippen molar-refractivity contribution in [3.05, 3.63) is 66.0 Å². The van der Waals surface area contributed by atoms with Gasteiger partial charge >= 0.3 is 0 Å². The Morgan fingerprint density at radius 3 is 2.26 bits per heavy atom. The molecule has 31 heavy (non-hydrogen) atoms. The van der Waals surface area contributed by atoms with Gasteiger partial charge in [-0.2, -0.15) is 0 Å². The second kappa shape index (κ2) is 10.9. The second-order valence-electron chi connectivity index (χ2n) is 7.19. The number of hydrogen-bond acceptors (Lipinski definition) is 4. The molecule has 0 fully saturated rings. The van der Waals surface area contributed by atoms with E-state index in [4.69, 9.17) is 0 Å². The van der Waals surface area contributed by atoms with Crippen LogP contribution in [-0.4, -0.2) is 50.5 Å². The number of sulfonamides is 1. The van der Waals surface area contributed by atoms with Gasteiger partial charge in [0.15, 0.2) is 0 Å².